The molecule has 0 aliphatic rings. The molecule has 3 aromatic rings. The number of aryl methyl sites for hydroxylation is 1. The molecule has 0 unspecified atom stereocenters. The Balaban J connectivity index is 1.97. The number of rotatable bonds is 3. The second-order valence-electron chi connectivity index (χ2n) is 5.07. The fraction of sp³-hybridized carbons (Fsp3) is 0.0556. The number of anilines is 1. The summed E-state index contributed by atoms with van der Waals surface area (Å²) in [4.78, 5) is 24.3. The van der Waals surface area contributed by atoms with Crippen LogP contribution < -0.4 is 10.7 Å². The molecule has 23 heavy (non-hydrogen) atoms. The first-order valence-corrected chi connectivity index (χ1v) is 7.18. The highest BCUT2D eigenvalue weighted by Crippen LogP contribution is 2.10. The Morgan fingerprint density at radius 2 is 1.61 bits per heavy atom. The molecule has 0 bridgehead atoms. The first kappa shape index (κ1) is 14.7. The summed E-state index contributed by atoms with van der Waals surface area (Å²) in [5, 5.41) is 6.86. The van der Waals surface area contributed by atoms with Crippen molar-refractivity contribution in [3.05, 3.63) is 88.2 Å². The van der Waals surface area contributed by atoms with Gasteiger partial charge in [0.15, 0.2) is 0 Å². The molecule has 1 aromatic heterocycles. The van der Waals surface area contributed by atoms with Crippen LogP contribution in [0.3, 0.4) is 0 Å². The molecule has 5 nitrogen and oxygen atoms in total. The van der Waals surface area contributed by atoms with Gasteiger partial charge in [-0.1, -0.05) is 36.4 Å². The number of nitrogens with one attached hydrogen (secondary N) is 1. The molecule has 0 saturated heterocycles. The molecule has 0 radical (unpaired) electrons. The standard InChI is InChI=1S/C18H15N3O2/c1-13-12-16(22)17(19-18(23)14-8-4-2-5-9-14)20-21(13)15-10-6-3-7-11-15/h2-12H,1H3,(H,19,20,23). The molecule has 5 heteroatoms. The van der Waals surface area contributed by atoms with Gasteiger partial charge in [0, 0.05) is 17.3 Å². The molecule has 0 aliphatic heterocycles. The lowest BCUT2D eigenvalue weighted by Gasteiger charge is -2.11. The fourth-order valence-corrected chi connectivity index (χ4v) is 2.23. The van der Waals surface area contributed by atoms with E-state index in [9.17, 15) is 9.59 Å². The highest BCUT2D eigenvalue weighted by atomic mass is 16.2. The maximum Gasteiger partial charge on any atom is 0.256 e. The number of hydrogen-bond acceptors (Lipinski definition) is 3. The van der Waals surface area contributed by atoms with Crippen LogP contribution in [0.5, 0.6) is 0 Å². The first-order chi connectivity index (χ1) is 11.1. The number of amides is 1. The van der Waals surface area contributed by atoms with E-state index < -0.39 is 0 Å². The van der Waals surface area contributed by atoms with Crippen LogP contribution >= 0.6 is 0 Å². The van der Waals surface area contributed by atoms with E-state index in [-0.39, 0.29) is 17.2 Å². The van der Waals surface area contributed by atoms with Gasteiger partial charge in [0.25, 0.3) is 5.91 Å². The maximum absolute atomic E-state index is 12.2. The third-order valence-electron chi connectivity index (χ3n) is 3.38. The van der Waals surface area contributed by atoms with Gasteiger partial charge in [0.05, 0.1) is 5.69 Å². The van der Waals surface area contributed by atoms with Gasteiger partial charge < -0.3 is 5.32 Å². The third-order valence-corrected chi connectivity index (χ3v) is 3.38. The van der Waals surface area contributed by atoms with Crippen molar-refractivity contribution >= 4 is 11.7 Å². The van der Waals surface area contributed by atoms with Crippen LogP contribution in [0.15, 0.2) is 71.5 Å². The summed E-state index contributed by atoms with van der Waals surface area (Å²) in [5.74, 6) is -0.355. The normalized spacial score (nSPS) is 10.3. The number of benzene rings is 2. The second-order valence-corrected chi connectivity index (χ2v) is 5.07. The van der Waals surface area contributed by atoms with Crippen LogP contribution in [0.1, 0.15) is 16.1 Å². The second kappa shape index (κ2) is 6.27. The molecule has 114 valence electrons. The van der Waals surface area contributed by atoms with Crippen molar-refractivity contribution in [3.63, 3.8) is 0 Å². The number of para-hydroxylation sites is 1. The lowest BCUT2D eigenvalue weighted by molar-refractivity contribution is 0.102. The Kier molecular flexibility index (Phi) is 4.01. The predicted octanol–water partition coefficient (Wildman–Crippen LogP) is 2.79. The fourth-order valence-electron chi connectivity index (χ4n) is 2.23. The number of aromatic nitrogens is 2. The maximum atomic E-state index is 12.2. The van der Waals surface area contributed by atoms with E-state index in [1.165, 1.54) is 6.07 Å². The Labute approximate surface area is 133 Å². The summed E-state index contributed by atoms with van der Waals surface area (Å²) in [7, 11) is 0. The molecular weight excluding hydrogens is 290 g/mol. The van der Waals surface area contributed by atoms with E-state index >= 15 is 0 Å². The van der Waals surface area contributed by atoms with Crippen molar-refractivity contribution in [1.29, 1.82) is 0 Å². The smallest absolute Gasteiger partial charge is 0.256 e. The minimum absolute atomic E-state index is 0.00769. The van der Waals surface area contributed by atoms with Crippen molar-refractivity contribution in [1.82, 2.24) is 9.78 Å². The lowest BCUT2D eigenvalue weighted by Crippen LogP contribution is -2.23. The molecule has 1 heterocycles. The molecule has 3 rings (SSSR count). The van der Waals surface area contributed by atoms with Crippen molar-refractivity contribution in [2.75, 3.05) is 5.32 Å². The summed E-state index contributed by atoms with van der Waals surface area (Å²) in [6, 6.07) is 19.6. The lowest BCUT2D eigenvalue weighted by atomic mass is 10.2. The van der Waals surface area contributed by atoms with Crippen LogP contribution in [-0.2, 0) is 0 Å². The van der Waals surface area contributed by atoms with Gasteiger partial charge in [-0.2, -0.15) is 0 Å². The van der Waals surface area contributed by atoms with Crippen LogP contribution in [0, 0.1) is 6.92 Å². The van der Waals surface area contributed by atoms with Gasteiger partial charge in [-0.15, -0.1) is 5.10 Å². The Bertz CT molecular complexity index is 887. The predicted molar refractivity (Wildman–Crippen MR) is 89.0 cm³/mol. The van der Waals surface area contributed by atoms with Crippen molar-refractivity contribution < 1.29 is 4.79 Å². The molecule has 0 fully saturated rings. The van der Waals surface area contributed by atoms with Crippen molar-refractivity contribution in [2.24, 2.45) is 0 Å². The molecular formula is C18H15N3O2. The first-order valence-electron chi connectivity index (χ1n) is 7.18. The molecule has 2 aromatic carbocycles. The zero-order chi connectivity index (χ0) is 16.2. The van der Waals surface area contributed by atoms with Crippen LogP contribution in [0.2, 0.25) is 0 Å². The van der Waals surface area contributed by atoms with E-state index in [1.54, 1.807) is 35.9 Å². The molecule has 0 spiro atoms. The molecule has 0 atom stereocenters. The Morgan fingerprint density at radius 3 is 2.26 bits per heavy atom. The summed E-state index contributed by atoms with van der Waals surface area (Å²) < 4.78 is 1.63. The van der Waals surface area contributed by atoms with E-state index in [2.05, 4.69) is 10.4 Å². The largest absolute Gasteiger partial charge is 0.302 e. The zero-order valence-corrected chi connectivity index (χ0v) is 12.6. The molecule has 0 aliphatic carbocycles. The van der Waals surface area contributed by atoms with Crippen molar-refractivity contribution in [3.8, 4) is 5.69 Å². The summed E-state index contributed by atoms with van der Waals surface area (Å²) in [5.41, 5.74) is 1.67. The van der Waals surface area contributed by atoms with Gasteiger partial charge in [-0.25, -0.2) is 4.68 Å². The number of carbonyl (C=O) groups is 1. The molecule has 0 saturated carbocycles. The van der Waals surface area contributed by atoms with E-state index in [1.807, 2.05) is 36.4 Å². The van der Waals surface area contributed by atoms with Crippen molar-refractivity contribution in [2.45, 2.75) is 6.92 Å². The monoisotopic (exact) mass is 305 g/mol. The average Bonchev–Trinajstić information content (AvgIpc) is 2.59. The highest BCUT2D eigenvalue weighted by molar-refractivity contribution is 6.03. The summed E-state index contributed by atoms with van der Waals surface area (Å²) in [6.07, 6.45) is 0. The number of hydrogen-bond donors (Lipinski definition) is 1. The minimum Gasteiger partial charge on any atom is -0.302 e. The SMILES string of the molecule is Cc1cc(=O)c(NC(=O)c2ccccc2)nn1-c1ccccc1. The van der Waals surface area contributed by atoms with Gasteiger partial charge in [0.2, 0.25) is 11.2 Å². The van der Waals surface area contributed by atoms with Gasteiger partial charge >= 0.3 is 0 Å². The van der Waals surface area contributed by atoms with E-state index in [0.29, 0.717) is 11.3 Å². The number of carbonyl (C=O) groups excluding carboxylic acids is 1. The Morgan fingerprint density at radius 1 is 1.00 bits per heavy atom. The third kappa shape index (κ3) is 3.18. The molecule has 1 amide bonds. The zero-order valence-electron chi connectivity index (χ0n) is 12.6. The van der Waals surface area contributed by atoms with Crippen LogP contribution in [0.4, 0.5) is 5.82 Å². The summed E-state index contributed by atoms with van der Waals surface area (Å²) >= 11 is 0. The number of nitrogens with zero attached hydrogens (tertiary/aromatic N) is 2. The Hall–Kier alpha value is -3.21. The quantitative estimate of drug-likeness (QED) is 0.809. The highest BCUT2D eigenvalue weighted by Gasteiger charge is 2.11. The van der Waals surface area contributed by atoms with E-state index in [0.717, 1.165) is 5.69 Å². The van der Waals surface area contributed by atoms with Gasteiger partial charge in [-0.05, 0) is 31.2 Å². The average molecular weight is 305 g/mol. The van der Waals surface area contributed by atoms with Crippen LogP contribution in [0.25, 0.3) is 5.69 Å². The topological polar surface area (TPSA) is 64.0 Å². The summed E-state index contributed by atoms with van der Waals surface area (Å²) in [6.45, 7) is 1.80. The molecule has 1 N–H and O–H groups in total. The van der Waals surface area contributed by atoms with E-state index in [4.69, 9.17) is 0 Å². The van der Waals surface area contributed by atoms with Gasteiger partial charge in [-0.3, -0.25) is 9.59 Å². The van der Waals surface area contributed by atoms with Gasteiger partial charge in [0.1, 0.15) is 0 Å². The minimum atomic E-state index is -0.362. The van der Waals surface area contributed by atoms with Crippen LogP contribution in [-0.4, -0.2) is 15.7 Å².